The molecule has 0 N–H and O–H groups in total. The Labute approximate surface area is 102 Å². The molecule has 0 saturated carbocycles. The number of hydrogen-bond donors (Lipinski definition) is 0. The molecule has 0 aliphatic rings. The standard InChI is InChI=1S/C10H9ClN2S2/c1-7-3-2-4-8(5-7)14-6-9-12-10(11)15-13-9/h2-5H,6H2,1H3. The van der Waals surface area contributed by atoms with Crippen molar-refractivity contribution in [3.8, 4) is 0 Å². The minimum absolute atomic E-state index is 0.509. The molecule has 0 unspecified atom stereocenters. The molecule has 1 heterocycles. The number of aromatic nitrogens is 2. The summed E-state index contributed by atoms with van der Waals surface area (Å²) < 4.78 is 4.64. The first-order valence-electron chi connectivity index (χ1n) is 4.41. The van der Waals surface area contributed by atoms with Gasteiger partial charge in [0.2, 0.25) is 4.47 Å². The van der Waals surface area contributed by atoms with Crippen molar-refractivity contribution >= 4 is 34.9 Å². The van der Waals surface area contributed by atoms with E-state index in [1.54, 1.807) is 11.8 Å². The molecule has 2 rings (SSSR count). The summed E-state index contributed by atoms with van der Waals surface area (Å²) in [6.07, 6.45) is 0. The van der Waals surface area contributed by atoms with E-state index in [9.17, 15) is 0 Å². The largest absolute Gasteiger partial charge is 0.207 e. The number of thioether (sulfide) groups is 1. The molecule has 0 radical (unpaired) electrons. The van der Waals surface area contributed by atoms with Gasteiger partial charge in [-0.1, -0.05) is 17.7 Å². The van der Waals surface area contributed by atoms with E-state index in [1.807, 2.05) is 0 Å². The van der Waals surface area contributed by atoms with Gasteiger partial charge in [0.25, 0.3) is 0 Å². The van der Waals surface area contributed by atoms with E-state index in [1.165, 1.54) is 22.0 Å². The summed E-state index contributed by atoms with van der Waals surface area (Å²) in [5, 5.41) is 0. The molecule has 15 heavy (non-hydrogen) atoms. The fourth-order valence-corrected chi connectivity index (χ4v) is 2.73. The average Bonchev–Trinajstić information content (AvgIpc) is 2.62. The van der Waals surface area contributed by atoms with Gasteiger partial charge in [0.15, 0.2) is 5.82 Å². The van der Waals surface area contributed by atoms with E-state index in [2.05, 4.69) is 40.5 Å². The van der Waals surface area contributed by atoms with Crippen molar-refractivity contribution in [3.05, 3.63) is 40.1 Å². The molecule has 2 nitrogen and oxygen atoms in total. The number of hydrogen-bond acceptors (Lipinski definition) is 4. The normalized spacial score (nSPS) is 10.5. The van der Waals surface area contributed by atoms with Crippen molar-refractivity contribution in [2.45, 2.75) is 17.6 Å². The average molecular weight is 257 g/mol. The highest BCUT2D eigenvalue weighted by atomic mass is 35.5. The van der Waals surface area contributed by atoms with Crippen molar-refractivity contribution in [2.75, 3.05) is 0 Å². The Morgan fingerprint density at radius 3 is 3.00 bits per heavy atom. The van der Waals surface area contributed by atoms with Crippen molar-refractivity contribution in [2.24, 2.45) is 0 Å². The van der Waals surface area contributed by atoms with Gasteiger partial charge in [-0.05, 0) is 42.2 Å². The second kappa shape index (κ2) is 4.96. The molecule has 1 aromatic heterocycles. The van der Waals surface area contributed by atoms with Gasteiger partial charge in [-0.15, -0.1) is 11.8 Å². The smallest absolute Gasteiger partial charge is 0.203 e. The molecule has 0 fully saturated rings. The van der Waals surface area contributed by atoms with Crippen molar-refractivity contribution in [1.82, 2.24) is 9.36 Å². The maximum absolute atomic E-state index is 5.70. The molecule has 0 bridgehead atoms. The lowest BCUT2D eigenvalue weighted by Gasteiger charge is -1.99. The Kier molecular flexibility index (Phi) is 3.61. The van der Waals surface area contributed by atoms with Crippen molar-refractivity contribution in [3.63, 3.8) is 0 Å². The van der Waals surface area contributed by atoms with Gasteiger partial charge in [0, 0.05) is 4.90 Å². The van der Waals surface area contributed by atoms with Crippen LogP contribution in [0.3, 0.4) is 0 Å². The number of rotatable bonds is 3. The van der Waals surface area contributed by atoms with Gasteiger partial charge in [0.05, 0.1) is 5.75 Å². The molecule has 1 aromatic carbocycles. The van der Waals surface area contributed by atoms with Crippen LogP contribution in [0, 0.1) is 6.92 Å². The number of halogens is 1. The van der Waals surface area contributed by atoms with Crippen LogP contribution < -0.4 is 0 Å². The molecular weight excluding hydrogens is 248 g/mol. The van der Waals surface area contributed by atoms with E-state index in [-0.39, 0.29) is 0 Å². The van der Waals surface area contributed by atoms with Crippen LogP contribution >= 0.6 is 34.9 Å². The maximum atomic E-state index is 5.70. The zero-order chi connectivity index (χ0) is 10.7. The predicted molar refractivity (Wildman–Crippen MR) is 65.7 cm³/mol. The summed E-state index contributed by atoms with van der Waals surface area (Å²) in [5.74, 6) is 1.57. The van der Waals surface area contributed by atoms with E-state index in [4.69, 9.17) is 11.6 Å². The van der Waals surface area contributed by atoms with E-state index in [0.717, 1.165) is 11.6 Å². The Bertz CT molecular complexity index is 456. The number of aryl methyl sites for hydroxylation is 1. The van der Waals surface area contributed by atoms with E-state index < -0.39 is 0 Å². The van der Waals surface area contributed by atoms with Gasteiger partial charge >= 0.3 is 0 Å². The SMILES string of the molecule is Cc1cccc(SCc2nsc(Cl)n2)c1. The van der Waals surface area contributed by atoms with Crippen molar-refractivity contribution < 1.29 is 0 Å². The predicted octanol–water partition coefficient (Wildman–Crippen LogP) is 3.79. The fraction of sp³-hybridized carbons (Fsp3) is 0.200. The Morgan fingerprint density at radius 2 is 2.33 bits per heavy atom. The van der Waals surface area contributed by atoms with Crippen LogP contribution in [0.1, 0.15) is 11.4 Å². The highest BCUT2D eigenvalue weighted by Crippen LogP contribution is 2.23. The highest BCUT2D eigenvalue weighted by Gasteiger charge is 2.02. The van der Waals surface area contributed by atoms with E-state index in [0.29, 0.717) is 4.47 Å². The third-order valence-electron chi connectivity index (χ3n) is 1.80. The van der Waals surface area contributed by atoms with Crippen LogP contribution in [-0.2, 0) is 5.75 Å². The summed E-state index contributed by atoms with van der Waals surface area (Å²) in [5.41, 5.74) is 1.27. The van der Waals surface area contributed by atoms with Crippen LogP contribution in [0.2, 0.25) is 4.47 Å². The lowest BCUT2D eigenvalue weighted by molar-refractivity contribution is 1.13. The second-order valence-corrected chi connectivity index (χ2v) is 5.45. The minimum Gasteiger partial charge on any atom is -0.207 e. The van der Waals surface area contributed by atoms with Gasteiger partial charge in [0.1, 0.15) is 0 Å². The Hall–Kier alpha value is -0.580. The lowest BCUT2D eigenvalue weighted by Crippen LogP contribution is -1.83. The molecule has 2 aromatic rings. The van der Waals surface area contributed by atoms with Crippen molar-refractivity contribution in [1.29, 1.82) is 0 Å². The first-order chi connectivity index (χ1) is 7.24. The lowest BCUT2D eigenvalue weighted by atomic mass is 10.2. The summed E-state index contributed by atoms with van der Waals surface area (Å²) in [6, 6.07) is 8.38. The van der Waals surface area contributed by atoms with Crippen LogP contribution in [0.15, 0.2) is 29.2 Å². The molecule has 78 valence electrons. The third-order valence-corrected chi connectivity index (χ3v) is 3.63. The molecule has 0 amide bonds. The molecule has 0 spiro atoms. The van der Waals surface area contributed by atoms with Crippen LogP contribution in [0.25, 0.3) is 0 Å². The van der Waals surface area contributed by atoms with Crippen LogP contribution in [0.5, 0.6) is 0 Å². The van der Waals surface area contributed by atoms with Gasteiger partial charge < -0.3 is 0 Å². The minimum atomic E-state index is 0.509. The topological polar surface area (TPSA) is 25.8 Å². The monoisotopic (exact) mass is 256 g/mol. The first kappa shape index (κ1) is 10.9. The molecule has 5 heteroatoms. The Morgan fingerprint density at radius 1 is 1.47 bits per heavy atom. The fourth-order valence-electron chi connectivity index (χ4n) is 1.14. The summed E-state index contributed by atoms with van der Waals surface area (Å²) >= 11 is 8.66. The summed E-state index contributed by atoms with van der Waals surface area (Å²) in [7, 11) is 0. The summed E-state index contributed by atoms with van der Waals surface area (Å²) in [4.78, 5) is 5.34. The van der Waals surface area contributed by atoms with E-state index >= 15 is 0 Å². The quantitative estimate of drug-likeness (QED) is 0.782. The second-order valence-electron chi connectivity index (χ2n) is 3.07. The maximum Gasteiger partial charge on any atom is 0.203 e. The number of nitrogens with zero attached hydrogens (tertiary/aromatic N) is 2. The third kappa shape index (κ3) is 3.19. The molecule has 0 saturated heterocycles. The van der Waals surface area contributed by atoms with Crippen LogP contribution in [0.4, 0.5) is 0 Å². The molecule has 0 atom stereocenters. The number of benzene rings is 1. The first-order valence-corrected chi connectivity index (χ1v) is 6.55. The van der Waals surface area contributed by atoms with Gasteiger partial charge in [-0.2, -0.15) is 4.37 Å². The molecular formula is C10H9ClN2S2. The van der Waals surface area contributed by atoms with Crippen LogP contribution in [-0.4, -0.2) is 9.36 Å². The van der Waals surface area contributed by atoms with Gasteiger partial charge in [-0.25, -0.2) is 4.98 Å². The zero-order valence-electron chi connectivity index (χ0n) is 8.11. The van der Waals surface area contributed by atoms with Gasteiger partial charge in [-0.3, -0.25) is 0 Å². The molecule has 0 aliphatic heterocycles. The zero-order valence-corrected chi connectivity index (χ0v) is 10.5. The molecule has 0 aliphatic carbocycles. The Balaban J connectivity index is 1.99. The summed E-state index contributed by atoms with van der Waals surface area (Å²) in [6.45, 7) is 2.09. The highest BCUT2D eigenvalue weighted by molar-refractivity contribution is 7.98.